The SMILES string of the molecule is CCCCCCc1ccccc1C(=O)OCCCCC. The Balaban J connectivity index is 2.48. The lowest BCUT2D eigenvalue weighted by molar-refractivity contribution is 0.0497. The number of carbonyl (C=O) groups is 1. The van der Waals surface area contributed by atoms with E-state index in [1.54, 1.807) is 0 Å². The van der Waals surface area contributed by atoms with Crippen LogP contribution in [0, 0.1) is 0 Å². The number of rotatable bonds is 10. The molecule has 2 heteroatoms. The fourth-order valence-corrected chi connectivity index (χ4v) is 2.27. The summed E-state index contributed by atoms with van der Waals surface area (Å²) in [6.07, 6.45) is 9.08. The number of hydrogen-bond donors (Lipinski definition) is 0. The molecule has 112 valence electrons. The van der Waals surface area contributed by atoms with Gasteiger partial charge in [-0.05, 0) is 30.9 Å². The van der Waals surface area contributed by atoms with E-state index in [-0.39, 0.29) is 5.97 Å². The molecule has 0 N–H and O–H groups in total. The first-order valence-electron chi connectivity index (χ1n) is 8.04. The molecule has 0 fully saturated rings. The quantitative estimate of drug-likeness (QED) is 0.436. The number of aryl methyl sites for hydroxylation is 1. The minimum atomic E-state index is -0.160. The summed E-state index contributed by atoms with van der Waals surface area (Å²) < 4.78 is 5.36. The standard InChI is InChI=1S/C18H28O2/c1-3-5-7-8-12-16-13-9-10-14-17(16)18(19)20-15-11-6-4-2/h9-10,13-14H,3-8,11-12,15H2,1-2H3. The highest BCUT2D eigenvalue weighted by atomic mass is 16.5. The molecule has 1 rings (SSSR count). The van der Waals surface area contributed by atoms with Gasteiger partial charge in [-0.25, -0.2) is 4.79 Å². The van der Waals surface area contributed by atoms with Gasteiger partial charge in [-0.2, -0.15) is 0 Å². The number of esters is 1. The summed E-state index contributed by atoms with van der Waals surface area (Å²) >= 11 is 0. The summed E-state index contributed by atoms with van der Waals surface area (Å²) in [5, 5.41) is 0. The van der Waals surface area contributed by atoms with E-state index in [4.69, 9.17) is 4.74 Å². The van der Waals surface area contributed by atoms with Crippen molar-refractivity contribution in [1.82, 2.24) is 0 Å². The van der Waals surface area contributed by atoms with Gasteiger partial charge >= 0.3 is 5.97 Å². The second kappa shape index (κ2) is 10.5. The predicted octanol–water partition coefficient (Wildman–Crippen LogP) is 5.16. The average molecular weight is 276 g/mol. The highest BCUT2D eigenvalue weighted by Gasteiger charge is 2.11. The van der Waals surface area contributed by atoms with Crippen LogP contribution in [0.15, 0.2) is 24.3 Å². The van der Waals surface area contributed by atoms with Gasteiger partial charge in [0.1, 0.15) is 0 Å². The van der Waals surface area contributed by atoms with Crippen molar-refractivity contribution < 1.29 is 9.53 Å². The zero-order valence-corrected chi connectivity index (χ0v) is 13.0. The van der Waals surface area contributed by atoms with Crippen LogP contribution >= 0.6 is 0 Å². The highest BCUT2D eigenvalue weighted by Crippen LogP contribution is 2.15. The van der Waals surface area contributed by atoms with Gasteiger partial charge in [0, 0.05) is 0 Å². The Labute approximate surface area is 123 Å². The fraction of sp³-hybridized carbons (Fsp3) is 0.611. The Morgan fingerprint density at radius 1 is 0.950 bits per heavy atom. The van der Waals surface area contributed by atoms with Crippen molar-refractivity contribution in [3.63, 3.8) is 0 Å². The molecule has 0 heterocycles. The van der Waals surface area contributed by atoms with E-state index in [1.807, 2.05) is 18.2 Å². The summed E-state index contributed by atoms with van der Waals surface area (Å²) in [7, 11) is 0. The Morgan fingerprint density at radius 3 is 2.40 bits per heavy atom. The number of unbranched alkanes of at least 4 members (excludes halogenated alkanes) is 5. The molecule has 0 aromatic heterocycles. The van der Waals surface area contributed by atoms with Crippen molar-refractivity contribution in [1.29, 1.82) is 0 Å². The zero-order valence-electron chi connectivity index (χ0n) is 13.0. The molecule has 0 saturated heterocycles. The average Bonchev–Trinajstić information content (AvgIpc) is 2.48. The number of benzene rings is 1. The molecule has 2 nitrogen and oxygen atoms in total. The minimum absolute atomic E-state index is 0.160. The molecule has 0 aliphatic rings. The van der Waals surface area contributed by atoms with Crippen molar-refractivity contribution >= 4 is 5.97 Å². The summed E-state index contributed by atoms with van der Waals surface area (Å²) in [5.74, 6) is -0.160. The third-order valence-electron chi connectivity index (χ3n) is 3.52. The van der Waals surface area contributed by atoms with Crippen molar-refractivity contribution in [2.75, 3.05) is 6.61 Å². The van der Waals surface area contributed by atoms with Gasteiger partial charge in [0.05, 0.1) is 12.2 Å². The van der Waals surface area contributed by atoms with Crippen LogP contribution in [-0.4, -0.2) is 12.6 Å². The third-order valence-corrected chi connectivity index (χ3v) is 3.52. The Hall–Kier alpha value is -1.31. The molecule has 0 saturated carbocycles. The summed E-state index contributed by atoms with van der Waals surface area (Å²) in [6.45, 7) is 4.89. The molecule has 0 amide bonds. The van der Waals surface area contributed by atoms with Gasteiger partial charge in [-0.1, -0.05) is 64.2 Å². The topological polar surface area (TPSA) is 26.3 Å². The molecule has 0 bridgehead atoms. The van der Waals surface area contributed by atoms with Crippen LogP contribution in [0.3, 0.4) is 0 Å². The van der Waals surface area contributed by atoms with Crippen molar-refractivity contribution in [2.24, 2.45) is 0 Å². The van der Waals surface area contributed by atoms with Crippen LogP contribution in [0.1, 0.15) is 74.7 Å². The first kappa shape index (κ1) is 16.7. The lowest BCUT2D eigenvalue weighted by Crippen LogP contribution is -2.09. The molecule has 0 aliphatic heterocycles. The zero-order chi connectivity index (χ0) is 14.6. The van der Waals surface area contributed by atoms with E-state index in [0.29, 0.717) is 6.61 Å². The Morgan fingerprint density at radius 2 is 1.65 bits per heavy atom. The van der Waals surface area contributed by atoms with E-state index in [1.165, 1.54) is 19.3 Å². The number of carbonyl (C=O) groups excluding carboxylic acids is 1. The predicted molar refractivity (Wildman–Crippen MR) is 84.1 cm³/mol. The van der Waals surface area contributed by atoms with Gasteiger partial charge in [0.2, 0.25) is 0 Å². The smallest absolute Gasteiger partial charge is 0.338 e. The van der Waals surface area contributed by atoms with Crippen LogP contribution in [0.25, 0.3) is 0 Å². The van der Waals surface area contributed by atoms with Crippen LogP contribution < -0.4 is 0 Å². The second-order valence-corrected chi connectivity index (χ2v) is 5.31. The van der Waals surface area contributed by atoms with Gasteiger partial charge < -0.3 is 4.74 Å². The molecule has 0 spiro atoms. The van der Waals surface area contributed by atoms with E-state index in [0.717, 1.165) is 43.2 Å². The largest absolute Gasteiger partial charge is 0.462 e. The molecule has 0 unspecified atom stereocenters. The first-order valence-corrected chi connectivity index (χ1v) is 8.04. The van der Waals surface area contributed by atoms with E-state index < -0.39 is 0 Å². The molecule has 1 aromatic carbocycles. The highest BCUT2D eigenvalue weighted by molar-refractivity contribution is 5.91. The van der Waals surface area contributed by atoms with E-state index >= 15 is 0 Å². The second-order valence-electron chi connectivity index (χ2n) is 5.31. The van der Waals surface area contributed by atoms with Crippen molar-refractivity contribution in [2.45, 2.75) is 65.2 Å². The Kier molecular flexibility index (Phi) is 8.77. The van der Waals surface area contributed by atoms with Crippen molar-refractivity contribution in [3.05, 3.63) is 35.4 Å². The minimum Gasteiger partial charge on any atom is -0.462 e. The maximum Gasteiger partial charge on any atom is 0.338 e. The Bertz CT molecular complexity index is 385. The maximum absolute atomic E-state index is 12.1. The lowest BCUT2D eigenvalue weighted by atomic mass is 10.0. The van der Waals surface area contributed by atoms with Gasteiger partial charge in [-0.15, -0.1) is 0 Å². The molecular formula is C18H28O2. The maximum atomic E-state index is 12.1. The molecule has 1 aromatic rings. The summed E-state index contributed by atoms with van der Waals surface area (Å²) in [6, 6.07) is 7.85. The first-order chi connectivity index (χ1) is 9.79. The number of hydrogen-bond acceptors (Lipinski definition) is 2. The van der Waals surface area contributed by atoms with Crippen molar-refractivity contribution in [3.8, 4) is 0 Å². The van der Waals surface area contributed by atoms with Crippen LogP contribution in [0.5, 0.6) is 0 Å². The molecule has 0 aliphatic carbocycles. The monoisotopic (exact) mass is 276 g/mol. The normalized spacial score (nSPS) is 10.5. The number of ether oxygens (including phenoxy) is 1. The lowest BCUT2D eigenvalue weighted by Gasteiger charge is -2.09. The molecule has 0 atom stereocenters. The van der Waals surface area contributed by atoms with E-state index in [9.17, 15) is 4.79 Å². The summed E-state index contributed by atoms with van der Waals surface area (Å²) in [5.41, 5.74) is 1.88. The third kappa shape index (κ3) is 6.23. The molecular weight excluding hydrogens is 248 g/mol. The van der Waals surface area contributed by atoms with E-state index in [2.05, 4.69) is 19.9 Å². The molecule has 0 radical (unpaired) electrons. The van der Waals surface area contributed by atoms with Gasteiger partial charge in [-0.3, -0.25) is 0 Å². The van der Waals surface area contributed by atoms with Crippen LogP contribution in [0.4, 0.5) is 0 Å². The fourth-order valence-electron chi connectivity index (χ4n) is 2.27. The molecule has 20 heavy (non-hydrogen) atoms. The van der Waals surface area contributed by atoms with Gasteiger partial charge in [0.25, 0.3) is 0 Å². The van der Waals surface area contributed by atoms with Crippen LogP contribution in [-0.2, 0) is 11.2 Å². The summed E-state index contributed by atoms with van der Waals surface area (Å²) in [4.78, 5) is 12.1. The van der Waals surface area contributed by atoms with Gasteiger partial charge in [0.15, 0.2) is 0 Å². The van der Waals surface area contributed by atoms with Crippen LogP contribution in [0.2, 0.25) is 0 Å².